The molecule has 0 bridgehead atoms. The Kier molecular flexibility index (Phi) is 4.42. The van der Waals surface area contributed by atoms with Gasteiger partial charge in [0.15, 0.2) is 0 Å². The second-order valence-electron chi connectivity index (χ2n) is 6.08. The number of pyridine rings is 1. The number of aromatic nitrogens is 1. The summed E-state index contributed by atoms with van der Waals surface area (Å²) in [6.45, 7) is 9.89. The van der Waals surface area contributed by atoms with Crippen molar-refractivity contribution < 1.29 is 9.84 Å². The fourth-order valence-electron chi connectivity index (χ4n) is 2.18. The maximum absolute atomic E-state index is 9.44. The van der Waals surface area contributed by atoms with Crippen LogP contribution in [0.3, 0.4) is 0 Å². The van der Waals surface area contributed by atoms with Crippen LogP contribution in [0.4, 0.5) is 5.82 Å². The van der Waals surface area contributed by atoms with Crippen molar-refractivity contribution in [3.63, 3.8) is 0 Å². The average Bonchev–Trinajstić information content (AvgIpc) is 2.66. The lowest BCUT2D eigenvalue weighted by molar-refractivity contribution is 0.152. The predicted octanol–water partition coefficient (Wildman–Crippen LogP) is 2.10. The molecule has 1 aromatic rings. The van der Waals surface area contributed by atoms with Crippen molar-refractivity contribution in [2.24, 2.45) is 0 Å². The van der Waals surface area contributed by atoms with Crippen LogP contribution < -0.4 is 4.90 Å². The molecule has 2 heterocycles. The molecule has 2 rings (SSSR count). The van der Waals surface area contributed by atoms with Gasteiger partial charge < -0.3 is 14.7 Å². The summed E-state index contributed by atoms with van der Waals surface area (Å²) in [4.78, 5) is 7.03. The van der Waals surface area contributed by atoms with Crippen molar-refractivity contribution >= 4 is 5.82 Å². The van der Waals surface area contributed by atoms with Crippen molar-refractivity contribution in [3.05, 3.63) is 23.4 Å². The minimum atomic E-state index is -0.0116. The van der Waals surface area contributed by atoms with Gasteiger partial charge in [0.2, 0.25) is 0 Å². The van der Waals surface area contributed by atoms with Crippen LogP contribution in [-0.4, -0.2) is 36.4 Å². The molecule has 0 amide bonds. The normalized spacial score (nSPS) is 17.4. The third-order valence-electron chi connectivity index (χ3n) is 3.37. The van der Waals surface area contributed by atoms with Gasteiger partial charge in [-0.3, -0.25) is 0 Å². The maximum Gasteiger partial charge on any atom is 0.129 e. The first-order valence-corrected chi connectivity index (χ1v) is 6.96. The molecule has 0 spiro atoms. The van der Waals surface area contributed by atoms with Crippen LogP contribution in [0.15, 0.2) is 12.1 Å². The summed E-state index contributed by atoms with van der Waals surface area (Å²) in [5, 5.41) is 9.44. The summed E-state index contributed by atoms with van der Waals surface area (Å²) in [6, 6.07) is 3.98. The van der Waals surface area contributed by atoms with E-state index in [2.05, 4.69) is 25.7 Å². The molecule has 0 saturated carbocycles. The molecule has 19 heavy (non-hydrogen) atoms. The topological polar surface area (TPSA) is 45.6 Å². The third kappa shape index (κ3) is 3.67. The molecule has 0 aliphatic carbocycles. The van der Waals surface area contributed by atoms with Gasteiger partial charge >= 0.3 is 0 Å². The molecule has 1 N–H and O–H groups in total. The van der Waals surface area contributed by atoms with Gasteiger partial charge in [0.1, 0.15) is 5.82 Å². The second-order valence-corrected chi connectivity index (χ2v) is 6.08. The molecule has 4 heteroatoms. The summed E-state index contributed by atoms with van der Waals surface area (Å²) in [5.41, 5.74) is 1.95. The van der Waals surface area contributed by atoms with Gasteiger partial charge in [-0.1, -0.05) is 20.8 Å². The molecule has 1 fully saturated rings. The zero-order chi connectivity index (χ0) is 13.9. The highest BCUT2D eigenvalue weighted by Crippen LogP contribution is 2.25. The molecular weight excluding hydrogens is 240 g/mol. The summed E-state index contributed by atoms with van der Waals surface area (Å²) in [5.74, 6) is 0.960. The number of anilines is 1. The Morgan fingerprint density at radius 2 is 2.05 bits per heavy atom. The Morgan fingerprint density at radius 1 is 1.26 bits per heavy atom. The van der Waals surface area contributed by atoms with Crippen LogP contribution in [0.25, 0.3) is 0 Å². The summed E-state index contributed by atoms with van der Waals surface area (Å²) in [6.07, 6.45) is 1.02. The molecule has 1 aromatic heterocycles. The molecule has 0 radical (unpaired) electrons. The fraction of sp³-hybridized carbons (Fsp3) is 0.667. The van der Waals surface area contributed by atoms with E-state index in [1.807, 2.05) is 12.1 Å². The Hall–Kier alpha value is -1.13. The Bertz CT molecular complexity index is 419. The number of hydrogen-bond acceptors (Lipinski definition) is 4. The van der Waals surface area contributed by atoms with Gasteiger partial charge in [0, 0.05) is 30.8 Å². The average molecular weight is 264 g/mol. The number of rotatable bonds is 2. The van der Waals surface area contributed by atoms with Crippen LogP contribution in [-0.2, 0) is 16.8 Å². The smallest absolute Gasteiger partial charge is 0.129 e. The zero-order valence-electron chi connectivity index (χ0n) is 12.1. The van der Waals surface area contributed by atoms with E-state index in [-0.39, 0.29) is 12.0 Å². The minimum Gasteiger partial charge on any atom is -0.392 e. The summed E-state index contributed by atoms with van der Waals surface area (Å²) >= 11 is 0. The van der Waals surface area contributed by atoms with Crippen molar-refractivity contribution in [1.82, 2.24) is 4.98 Å². The second kappa shape index (κ2) is 5.88. The molecule has 0 atom stereocenters. The van der Waals surface area contributed by atoms with Gasteiger partial charge in [-0.2, -0.15) is 0 Å². The largest absolute Gasteiger partial charge is 0.392 e. The first-order chi connectivity index (χ1) is 9.00. The summed E-state index contributed by atoms with van der Waals surface area (Å²) < 4.78 is 5.48. The third-order valence-corrected chi connectivity index (χ3v) is 3.37. The van der Waals surface area contributed by atoms with E-state index in [0.29, 0.717) is 0 Å². The number of aliphatic hydroxyl groups excluding tert-OH is 1. The Labute approximate surface area is 115 Å². The lowest BCUT2D eigenvalue weighted by Gasteiger charge is -2.25. The van der Waals surface area contributed by atoms with Crippen molar-refractivity contribution in [2.45, 2.75) is 39.2 Å². The Balaban J connectivity index is 2.33. The predicted molar refractivity (Wildman–Crippen MR) is 76.5 cm³/mol. The molecule has 1 aliphatic heterocycles. The van der Waals surface area contributed by atoms with E-state index < -0.39 is 0 Å². The monoisotopic (exact) mass is 264 g/mol. The summed E-state index contributed by atoms with van der Waals surface area (Å²) in [7, 11) is 0. The van der Waals surface area contributed by atoms with Gasteiger partial charge in [-0.25, -0.2) is 4.98 Å². The standard InChI is InChI=1S/C15H24N2O2/c1-15(2,3)13-9-12(11-18)10-14(16-13)17-5-4-7-19-8-6-17/h9-10,18H,4-8,11H2,1-3H3. The molecular formula is C15H24N2O2. The first-order valence-electron chi connectivity index (χ1n) is 6.96. The lowest BCUT2D eigenvalue weighted by Crippen LogP contribution is -2.28. The van der Waals surface area contributed by atoms with E-state index >= 15 is 0 Å². The fourth-order valence-corrected chi connectivity index (χ4v) is 2.18. The minimum absolute atomic E-state index is 0.0116. The maximum atomic E-state index is 9.44. The highest BCUT2D eigenvalue weighted by Gasteiger charge is 2.19. The number of ether oxygens (including phenoxy) is 1. The number of hydrogen-bond donors (Lipinski definition) is 1. The highest BCUT2D eigenvalue weighted by atomic mass is 16.5. The lowest BCUT2D eigenvalue weighted by atomic mass is 9.91. The molecule has 0 unspecified atom stereocenters. The molecule has 1 aliphatic rings. The van der Waals surface area contributed by atoms with Crippen LogP contribution >= 0.6 is 0 Å². The van der Waals surface area contributed by atoms with Crippen LogP contribution in [0.1, 0.15) is 38.4 Å². The van der Waals surface area contributed by atoms with Gasteiger partial charge in [-0.05, 0) is 24.1 Å². The molecule has 0 aromatic carbocycles. The van der Waals surface area contributed by atoms with Gasteiger partial charge in [-0.15, -0.1) is 0 Å². The number of nitrogens with zero attached hydrogens (tertiary/aromatic N) is 2. The highest BCUT2D eigenvalue weighted by molar-refractivity contribution is 5.44. The van der Waals surface area contributed by atoms with E-state index in [1.54, 1.807) is 0 Å². The van der Waals surface area contributed by atoms with Crippen molar-refractivity contribution in [2.75, 3.05) is 31.2 Å². The SMILES string of the molecule is CC(C)(C)c1cc(CO)cc(N2CCCOCC2)n1. The molecule has 106 valence electrons. The van der Waals surface area contributed by atoms with E-state index in [1.165, 1.54) is 0 Å². The molecule has 4 nitrogen and oxygen atoms in total. The van der Waals surface area contributed by atoms with Crippen LogP contribution in [0.5, 0.6) is 0 Å². The van der Waals surface area contributed by atoms with E-state index in [0.717, 1.165) is 49.8 Å². The van der Waals surface area contributed by atoms with E-state index in [9.17, 15) is 5.11 Å². The first kappa shape index (κ1) is 14.3. The zero-order valence-corrected chi connectivity index (χ0v) is 12.1. The van der Waals surface area contributed by atoms with Gasteiger partial charge in [0.25, 0.3) is 0 Å². The van der Waals surface area contributed by atoms with Crippen molar-refractivity contribution in [1.29, 1.82) is 0 Å². The Morgan fingerprint density at radius 3 is 2.74 bits per heavy atom. The molecule has 1 saturated heterocycles. The van der Waals surface area contributed by atoms with Crippen LogP contribution in [0, 0.1) is 0 Å². The van der Waals surface area contributed by atoms with Crippen molar-refractivity contribution in [3.8, 4) is 0 Å². The van der Waals surface area contributed by atoms with Gasteiger partial charge in [0.05, 0.1) is 13.2 Å². The van der Waals surface area contributed by atoms with E-state index in [4.69, 9.17) is 9.72 Å². The number of aliphatic hydroxyl groups is 1. The van der Waals surface area contributed by atoms with Crippen LogP contribution in [0.2, 0.25) is 0 Å². The quantitative estimate of drug-likeness (QED) is 0.888.